The number of nitrogens with one attached hydrogen (secondary N) is 1. The van der Waals surface area contributed by atoms with Gasteiger partial charge in [-0.15, -0.1) is 0 Å². The molecule has 1 aliphatic heterocycles. The van der Waals surface area contributed by atoms with E-state index in [-0.39, 0.29) is 0 Å². The third-order valence-corrected chi connectivity index (χ3v) is 6.54. The number of para-hydroxylation sites is 3. The predicted octanol–water partition coefficient (Wildman–Crippen LogP) is 5.23. The first-order chi connectivity index (χ1) is 17.5. The summed E-state index contributed by atoms with van der Waals surface area (Å²) in [6.07, 6.45) is 1.83. The summed E-state index contributed by atoms with van der Waals surface area (Å²) in [6, 6.07) is 18.1. The van der Waals surface area contributed by atoms with Gasteiger partial charge in [0.15, 0.2) is 5.82 Å². The van der Waals surface area contributed by atoms with Crippen LogP contribution in [0.1, 0.15) is 54.3 Å². The van der Waals surface area contributed by atoms with Crippen LogP contribution in [0.15, 0.2) is 63.9 Å². The number of pyridine rings is 1. The molecule has 0 radical (unpaired) electrons. The molecule has 2 aromatic carbocycles. The lowest BCUT2D eigenvalue weighted by molar-refractivity contribution is 0.302. The molecular weight excluding hydrogens is 454 g/mol. The normalized spacial score (nSPS) is 14.2. The first kappa shape index (κ1) is 22.0. The number of nitrogens with zero attached hydrogens (tertiary/aromatic N) is 4. The number of imidazole rings is 1. The van der Waals surface area contributed by atoms with Crippen LogP contribution in [0.2, 0.25) is 0 Å². The summed E-state index contributed by atoms with van der Waals surface area (Å²) in [5, 5.41) is 3.94. The fourth-order valence-electron chi connectivity index (χ4n) is 4.90. The Balaban J connectivity index is 1.62. The zero-order valence-electron chi connectivity index (χ0n) is 20.3. The fourth-order valence-corrected chi connectivity index (χ4v) is 4.90. The van der Waals surface area contributed by atoms with Crippen molar-refractivity contribution in [2.75, 3.05) is 0 Å². The third kappa shape index (κ3) is 3.53. The Morgan fingerprint density at radius 2 is 1.89 bits per heavy atom. The Kier molecular flexibility index (Phi) is 5.29. The molecule has 36 heavy (non-hydrogen) atoms. The van der Waals surface area contributed by atoms with Crippen molar-refractivity contribution in [1.29, 1.82) is 0 Å². The molecule has 0 atom stereocenters. The van der Waals surface area contributed by atoms with Gasteiger partial charge >= 0.3 is 5.76 Å². The van der Waals surface area contributed by atoms with Crippen LogP contribution in [0.25, 0.3) is 28.0 Å². The molecule has 0 spiro atoms. The SMILES string of the molecule is CCCc1nc2ccccc2n1-c1nc2c(cc1C)/C(=C(\C)c1noc(=O)[nH]1)c1ccccc1OC2. The minimum absolute atomic E-state index is 0.307. The maximum absolute atomic E-state index is 11.7. The zero-order valence-corrected chi connectivity index (χ0v) is 20.3. The van der Waals surface area contributed by atoms with E-state index >= 15 is 0 Å². The van der Waals surface area contributed by atoms with E-state index in [1.165, 1.54) is 0 Å². The summed E-state index contributed by atoms with van der Waals surface area (Å²) in [6.45, 7) is 6.44. The summed E-state index contributed by atoms with van der Waals surface area (Å²) in [7, 11) is 0. The van der Waals surface area contributed by atoms with Crippen LogP contribution in [-0.4, -0.2) is 24.7 Å². The molecule has 5 aromatic rings. The molecular formula is C28H25N5O3. The van der Waals surface area contributed by atoms with E-state index < -0.39 is 5.76 Å². The number of H-pyrrole nitrogens is 1. The number of hydrogen-bond acceptors (Lipinski definition) is 6. The van der Waals surface area contributed by atoms with Crippen molar-refractivity contribution >= 4 is 22.2 Å². The highest BCUT2D eigenvalue weighted by Gasteiger charge is 2.26. The van der Waals surface area contributed by atoms with Crippen molar-refractivity contribution in [3.63, 3.8) is 0 Å². The molecule has 4 heterocycles. The van der Waals surface area contributed by atoms with Crippen LogP contribution in [0, 0.1) is 6.92 Å². The predicted molar refractivity (Wildman–Crippen MR) is 137 cm³/mol. The highest BCUT2D eigenvalue weighted by atomic mass is 16.5. The van der Waals surface area contributed by atoms with E-state index in [9.17, 15) is 4.79 Å². The van der Waals surface area contributed by atoms with Gasteiger partial charge in [0.25, 0.3) is 0 Å². The van der Waals surface area contributed by atoms with Crippen molar-refractivity contribution < 1.29 is 9.26 Å². The summed E-state index contributed by atoms with van der Waals surface area (Å²) >= 11 is 0. The highest BCUT2D eigenvalue weighted by molar-refractivity contribution is 5.99. The van der Waals surface area contributed by atoms with E-state index in [0.29, 0.717) is 12.4 Å². The lowest BCUT2D eigenvalue weighted by Crippen LogP contribution is -2.10. The molecule has 1 aliphatic rings. The van der Waals surface area contributed by atoms with Gasteiger partial charge in [0.05, 0.1) is 16.7 Å². The van der Waals surface area contributed by atoms with E-state index in [0.717, 1.165) is 74.8 Å². The molecule has 0 bridgehead atoms. The van der Waals surface area contributed by atoms with Crippen molar-refractivity contribution in [2.24, 2.45) is 0 Å². The van der Waals surface area contributed by atoms with Crippen LogP contribution in [0.4, 0.5) is 0 Å². The van der Waals surface area contributed by atoms with E-state index in [1.807, 2.05) is 49.4 Å². The molecule has 3 aromatic heterocycles. The van der Waals surface area contributed by atoms with Crippen molar-refractivity contribution in [1.82, 2.24) is 24.7 Å². The number of ether oxygens (including phenoxy) is 1. The Hall–Kier alpha value is -4.46. The van der Waals surface area contributed by atoms with E-state index in [1.54, 1.807) is 0 Å². The number of aromatic amines is 1. The number of hydrogen-bond donors (Lipinski definition) is 1. The third-order valence-electron chi connectivity index (χ3n) is 6.54. The molecule has 0 aliphatic carbocycles. The van der Waals surface area contributed by atoms with Gasteiger partial charge in [-0.2, -0.15) is 0 Å². The Bertz CT molecular complexity index is 1710. The molecule has 8 heteroatoms. The fraction of sp³-hybridized carbons (Fsp3) is 0.214. The van der Waals surface area contributed by atoms with Gasteiger partial charge in [-0.25, -0.2) is 14.8 Å². The quantitative estimate of drug-likeness (QED) is 0.379. The molecule has 180 valence electrons. The maximum atomic E-state index is 11.7. The standard InChI is InChI=1S/C28H25N5O3/c1-4-9-24-29-20-11-6-7-12-22(20)33(24)27-16(2)14-19-21(30-27)15-35-23-13-8-5-10-18(23)25(19)17(3)26-31-28(34)36-32-26/h5-8,10-14H,4,9,15H2,1-3H3,(H,31,32,34)/b25-17+. The van der Waals surface area contributed by atoms with Gasteiger partial charge in [0.2, 0.25) is 0 Å². The number of aryl methyl sites for hydroxylation is 2. The van der Waals surface area contributed by atoms with Gasteiger partial charge in [0, 0.05) is 28.7 Å². The molecule has 8 nitrogen and oxygen atoms in total. The lowest BCUT2D eigenvalue weighted by Gasteiger charge is -2.17. The molecule has 1 N–H and O–H groups in total. The molecule has 0 fully saturated rings. The second-order valence-electron chi connectivity index (χ2n) is 8.95. The Morgan fingerprint density at radius 1 is 1.08 bits per heavy atom. The maximum Gasteiger partial charge on any atom is 0.439 e. The van der Waals surface area contributed by atoms with Gasteiger partial charge in [-0.3, -0.25) is 14.1 Å². The van der Waals surface area contributed by atoms with Crippen molar-refractivity contribution in [3.8, 4) is 11.6 Å². The summed E-state index contributed by atoms with van der Waals surface area (Å²) in [5.41, 5.74) is 7.30. The van der Waals surface area contributed by atoms with Gasteiger partial charge < -0.3 is 4.74 Å². The largest absolute Gasteiger partial charge is 0.487 e. The number of allylic oxidation sites excluding steroid dienone is 1. The number of aromatic nitrogens is 5. The molecule has 6 rings (SSSR count). The molecule has 0 saturated carbocycles. The van der Waals surface area contributed by atoms with Gasteiger partial charge in [-0.05, 0) is 50.1 Å². The summed E-state index contributed by atoms with van der Waals surface area (Å²) in [4.78, 5) is 24.5. The van der Waals surface area contributed by atoms with Crippen LogP contribution >= 0.6 is 0 Å². The number of benzene rings is 2. The van der Waals surface area contributed by atoms with Gasteiger partial charge in [0.1, 0.15) is 24.0 Å². The second kappa shape index (κ2) is 8.64. The van der Waals surface area contributed by atoms with E-state index in [2.05, 4.69) is 40.7 Å². The molecule has 0 unspecified atom stereocenters. The van der Waals surface area contributed by atoms with Crippen LogP contribution < -0.4 is 10.5 Å². The van der Waals surface area contributed by atoms with E-state index in [4.69, 9.17) is 19.2 Å². The number of rotatable bonds is 4. The summed E-state index contributed by atoms with van der Waals surface area (Å²) in [5.74, 6) is 2.36. The van der Waals surface area contributed by atoms with Crippen molar-refractivity contribution in [3.05, 3.63) is 99.2 Å². The minimum atomic E-state index is -0.594. The summed E-state index contributed by atoms with van der Waals surface area (Å²) < 4.78 is 13.2. The van der Waals surface area contributed by atoms with Crippen molar-refractivity contribution in [2.45, 2.75) is 40.2 Å². The Morgan fingerprint density at radius 3 is 2.69 bits per heavy atom. The highest BCUT2D eigenvalue weighted by Crippen LogP contribution is 2.41. The van der Waals surface area contributed by atoms with Gasteiger partial charge in [-0.1, -0.05) is 42.4 Å². The molecule has 0 amide bonds. The minimum Gasteiger partial charge on any atom is -0.487 e. The van der Waals surface area contributed by atoms with Crippen LogP contribution in [0.3, 0.4) is 0 Å². The second-order valence-corrected chi connectivity index (χ2v) is 8.95. The van der Waals surface area contributed by atoms with Crippen LogP contribution in [-0.2, 0) is 13.0 Å². The monoisotopic (exact) mass is 479 g/mol. The average molecular weight is 480 g/mol. The first-order valence-electron chi connectivity index (χ1n) is 12.0. The topological polar surface area (TPSA) is 98.8 Å². The average Bonchev–Trinajstić information content (AvgIpc) is 3.43. The first-order valence-corrected chi connectivity index (χ1v) is 12.0. The Labute approximate surface area is 207 Å². The lowest BCUT2D eigenvalue weighted by atomic mass is 9.91. The smallest absolute Gasteiger partial charge is 0.439 e. The zero-order chi connectivity index (χ0) is 24.8. The molecule has 0 saturated heterocycles. The number of fused-ring (bicyclic) bond motifs is 3. The van der Waals surface area contributed by atoms with Crippen LogP contribution in [0.5, 0.6) is 5.75 Å².